The van der Waals surface area contributed by atoms with Gasteiger partial charge in [-0.15, -0.1) is 0 Å². The van der Waals surface area contributed by atoms with Gasteiger partial charge in [0.25, 0.3) is 0 Å². The Bertz CT molecular complexity index is 1060. The number of nitrogens with one attached hydrogen (secondary N) is 2. The van der Waals surface area contributed by atoms with E-state index in [0.717, 1.165) is 43.0 Å². The Balaban J connectivity index is 0.000000429. The van der Waals surface area contributed by atoms with E-state index in [1.165, 1.54) is 25.5 Å². The number of hydrogen-bond acceptors (Lipinski definition) is 5. The number of carbonyl (C=O) groups is 3. The molecule has 2 aliphatic heterocycles. The minimum absolute atomic E-state index is 0.0968. The molecule has 1 aromatic heterocycles. The molecule has 1 unspecified atom stereocenters. The summed E-state index contributed by atoms with van der Waals surface area (Å²) >= 11 is 0. The zero-order valence-electron chi connectivity index (χ0n) is 19.3. The number of fused-ring (bicyclic) bond motifs is 1. The van der Waals surface area contributed by atoms with E-state index in [1.54, 1.807) is 0 Å². The number of rotatable bonds is 4. The molecule has 0 bridgehead atoms. The van der Waals surface area contributed by atoms with E-state index in [4.69, 9.17) is 9.90 Å². The highest BCUT2D eigenvalue weighted by Crippen LogP contribution is 2.25. The fraction of sp³-hybridized carbons (Fsp3) is 0.478. The van der Waals surface area contributed by atoms with Crippen molar-refractivity contribution in [1.82, 2.24) is 19.8 Å². The molecule has 1 fully saturated rings. The van der Waals surface area contributed by atoms with Crippen LogP contribution in [0.25, 0.3) is 0 Å². The van der Waals surface area contributed by atoms with Gasteiger partial charge in [-0.1, -0.05) is 12.1 Å². The summed E-state index contributed by atoms with van der Waals surface area (Å²) in [5.74, 6) is -2.78. The number of benzene rings is 1. The highest BCUT2D eigenvalue weighted by atomic mass is 19.4. The third-order valence-electron chi connectivity index (χ3n) is 5.80. The van der Waals surface area contributed by atoms with E-state index in [9.17, 15) is 22.8 Å². The molecule has 0 aliphatic carbocycles. The average Bonchev–Trinajstić information content (AvgIpc) is 3.22. The predicted octanol–water partition coefficient (Wildman–Crippen LogP) is 2.53. The lowest BCUT2D eigenvalue weighted by molar-refractivity contribution is -0.192. The second-order valence-electron chi connectivity index (χ2n) is 8.47. The Morgan fingerprint density at radius 2 is 2.03 bits per heavy atom. The van der Waals surface area contributed by atoms with Gasteiger partial charge in [0.1, 0.15) is 0 Å². The fourth-order valence-electron chi connectivity index (χ4n) is 4.18. The van der Waals surface area contributed by atoms with Crippen LogP contribution in [0.1, 0.15) is 42.8 Å². The summed E-state index contributed by atoms with van der Waals surface area (Å²) in [6, 6.07) is 7.95. The van der Waals surface area contributed by atoms with Gasteiger partial charge in [0.05, 0.1) is 25.0 Å². The van der Waals surface area contributed by atoms with Gasteiger partial charge >= 0.3 is 12.1 Å². The summed E-state index contributed by atoms with van der Waals surface area (Å²) in [4.78, 5) is 39.4. The summed E-state index contributed by atoms with van der Waals surface area (Å²) < 4.78 is 34.1. The van der Waals surface area contributed by atoms with Crippen LogP contribution in [-0.4, -0.2) is 63.2 Å². The predicted molar refractivity (Wildman–Crippen MR) is 121 cm³/mol. The zero-order valence-corrected chi connectivity index (χ0v) is 19.3. The molecule has 190 valence electrons. The number of carboxylic acid groups (broad SMARTS) is 1. The first kappa shape index (κ1) is 26.2. The number of anilines is 1. The van der Waals surface area contributed by atoms with Crippen molar-refractivity contribution in [2.24, 2.45) is 0 Å². The van der Waals surface area contributed by atoms with Gasteiger partial charge in [0.15, 0.2) is 0 Å². The van der Waals surface area contributed by atoms with Gasteiger partial charge in [-0.2, -0.15) is 13.2 Å². The molecule has 3 N–H and O–H groups in total. The van der Waals surface area contributed by atoms with Gasteiger partial charge in [-0.3, -0.25) is 9.59 Å². The summed E-state index contributed by atoms with van der Waals surface area (Å²) in [6.07, 6.45) is 0.426. The van der Waals surface area contributed by atoms with Crippen molar-refractivity contribution in [3.8, 4) is 0 Å². The van der Waals surface area contributed by atoms with Crippen LogP contribution in [-0.2, 0) is 33.8 Å². The Labute approximate surface area is 200 Å². The highest BCUT2D eigenvalue weighted by molar-refractivity contribution is 5.89. The maximum absolute atomic E-state index is 12.8. The lowest BCUT2D eigenvalue weighted by Gasteiger charge is -2.30. The molecule has 1 saturated heterocycles. The number of alkyl halides is 3. The maximum atomic E-state index is 12.8. The first-order valence-electron chi connectivity index (χ1n) is 11.2. The lowest BCUT2D eigenvalue weighted by atomic mass is 10.0. The normalized spacial score (nSPS) is 17.6. The number of carbonyl (C=O) groups excluding carboxylic acids is 2. The van der Waals surface area contributed by atoms with E-state index in [-0.39, 0.29) is 11.8 Å². The SMILES string of the molecule is CC(=O)Nc1cccc(CC(=O)N2CCc3c(ncn3C3CCCNC3)C2)c1.O=C(O)C(F)(F)F. The molecule has 1 atom stereocenters. The molecule has 0 radical (unpaired) electrons. The number of carboxylic acids is 1. The van der Waals surface area contributed by atoms with Crippen molar-refractivity contribution in [3.05, 3.63) is 47.5 Å². The molecule has 1 aromatic carbocycles. The second kappa shape index (κ2) is 11.3. The van der Waals surface area contributed by atoms with E-state index in [1.807, 2.05) is 35.5 Å². The minimum atomic E-state index is -5.08. The van der Waals surface area contributed by atoms with Gasteiger partial charge < -0.3 is 25.2 Å². The minimum Gasteiger partial charge on any atom is -0.475 e. The quantitative estimate of drug-likeness (QED) is 0.600. The number of aromatic nitrogens is 2. The van der Waals surface area contributed by atoms with Crippen molar-refractivity contribution >= 4 is 23.5 Å². The third kappa shape index (κ3) is 7.28. The second-order valence-corrected chi connectivity index (χ2v) is 8.47. The smallest absolute Gasteiger partial charge is 0.475 e. The zero-order chi connectivity index (χ0) is 25.6. The highest BCUT2D eigenvalue weighted by Gasteiger charge is 2.38. The monoisotopic (exact) mass is 495 g/mol. The van der Waals surface area contributed by atoms with E-state index >= 15 is 0 Å². The van der Waals surface area contributed by atoms with Crippen LogP contribution >= 0.6 is 0 Å². The van der Waals surface area contributed by atoms with Crippen molar-refractivity contribution < 1.29 is 32.7 Å². The fourth-order valence-corrected chi connectivity index (χ4v) is 4.18. The Morgan fingerprint density at radius 1 is 1.29 bits per heavy atom. The molecule has 4 rings (SSSR count). The summed E-state index contributed by atoms with van der Waals surface area (Å²) in [5.41, 5.74) is 3.93. The number of imidazole rings is 1. The van der Waals surface area contributed by atoms with Crippen LogP contribution in [0.2, 0.25) is 0 Å². The van der Waals surface area contributed by atoms with Crippen molar-refractivity contribution in [2.45, 2.75) is 51.4 Å². The molecule has 2 aromatic rings. The van der Waals surface area contributed by atoms with Crippen LogP contribution < -0.4 is 10.6 Å². The Kier molecular flexibility index (Phi) is 8.49. The topological polar surface area (TPSA) is 117 Å². The number of amides is 2. The summed E-state index contributed by atoms with van der Waals surface area (Å²) in [5, 5.41) is 13.3. The summed E-state index contributed by atoms with van der Waals surface area (Å²) in [6.45, 7) is 4.87. The van der Waals surface area contributed by atoms with Gasteiger partial charge in [0.2, 0.25) is 11.8 Å². The van der Waals surface area contributed by atoms with Crippen LogP contribution in [0.5, 0.6) is 0 Å². The number of hydrogen-bond donors (Lipinski definition) is 3. The number of halogens is 3. The Hall–Kier alpha value is -3.41. The van der Waals surface area contributed by atoms with Crippen LogP contribution in [0.15, 0.2) is 30.6 Å². The van der Waals surface area contributed by atoms with E-state index in [0.29, 0.717) is 19.0 Å². The van der Waals surface area contributed by atoms with Crippen molar-refractivity contribution in [2.75, 3.05) is 25.0 Å². The molecule has 0 saturated carbocycles. The van der Waals surface area contributed by atoms with Crippen LogP contribution in [0.4, 0.5) is 18.9 Å². The molecule has 2 amide bonds. The van der Waals surface area contributed by atoms with Crippen LogP contribution in [0.3, 0.4) is 0 Å². The number of nitrogens with zero attached hydrogens (tertiary/aromatic N) is 3. The van der Waals surface area contributed by atoms with E-state index < -0.39 is 12.1 Å². The number of piperidine rings is 1. The van der Waals surface area contributed by atoms with E-state index in [2.05, 4.69) is 20.2 Å². The van der Waals surface area contributed by atoms with Crippen LogP contribution in [0, 0.1) is 0 Å². The summed E-state index contributed by atoms with van der Waals surface area (Å²) in [7, 11) is 0. The van der Waals surface area contributed by atoms with Gasteiger partial charge in [0, 0.05) is 43.9 Å². The Morgan fingerprint density at radius 3 is 2.66 bits per heavy atom. The molecule has 2 aliphatic rings. The molecule has 9 nitrogen and oxygen atoms in total. The average molecular weight is 496 g/mol. The molecule has 12 heteroatoms. The van der Waals surface area contributed by atoms with Crippen molar-refractivity contribution in [3.63, 3.8) is 0 Å². The largest absolute Gasteiger partial charge is 0.490 e. The van der Waals surface area contributed by atoms with Gasteiger partial charge in [-0.05, 0) is 37.1 Å². The molecule has 3 heterocycles. The molecular weight excluding hydrogens is 467 g/mol. The van der Waals surface area contributed by atoms with Crippen molar-refractivity contribution in [1.29, 1.82) is 0 Å². The first-order chi connectivity index (χ1) is 16.5. The number of aliphatic carboxylic acids is 1. The molecule has 35 heavy (non-hydrogen) atoms. The maximum Gasteiger partial charge on any atom is 0.490 e. The first-order valence-corrected chi connectivity index (χ1v) is 11.2. The lowest BCUT2D eigenvalue weighted by Crippen LogP contribution is -2.38. The standard InChI is InChI=1S/C21H27N5O2.C2HF3O2/c1-15(27)24-17-5-2-4-16(10-17)11-21(28)25-9-7-20-19(13-25)23-14-26(20)18-6-3-8-22-12-18;3-2(4,5)1(6)7/h2,4-5,10,14,18,22H,3,6-9,11-13H2,1H3,(H,24,27);(H,6,7). The third-order valence-corrected chi connectivity index (χ3v) is 5.80. The molecular formula is C23H28F3N5O4. The molecule has 0 spiro atoms. The van der Waals surface area contributed by atoms with Gasteiger partial charge in [-0.25, -0.2) is 9.78 Å².